The van der Waals surface area contributed by atoms with Crippen molar-refractivity contribution >= 4 is 80.6 Å². The number of benzene rings is 3. The molecule has 6 nitrogen and oxygen atoms in total. The molecule has 3 aromatic carbocycles. The third kappa shape index (κ3) is 7.05. The van der Waals surface area contributed by atoms with E-state index in [-0.39, 0.29) is 29.6 Å². The fraction of sp³-hybridized carbons (Fsp3) is 0.138. The van der Waals surface area contributed by atoms with Gasteiger partial charge in [-0.25, -0.2) is 9.79 Å². The van der Waals surface area contributed by atoms with Crippen LogP contribution < -0.4 is 4.74 Å². The Kier molecular flexibility index (Phi) is 9.76. The number of aryl methyl sites for hydroxylation is 1. The van der Waals surface area contributed by atoms with Crippen LogP contribution in [-0.4, -0.2) is 28.6 Å². The second-order valence-electron chi connectivity index (χ2n) is 8.31. The van der Waals surface area contributed by atoms with Crippen LogP contribution in [0.4, 0.5) is 0 Å². The second-order valence-corrected chi connectivity index (χ2v) is 11.3. The van der Waals surface area contributed by atoms with E-state index in [1.54, 1.807) is 56.3 Å². The highest BCUT2D eigenvalue weighted by atomic mass is 127. The summed E-state index contributed by atoms with van der Waals surface area (Å²) in [4.78, 5) is 30.1. The minimum absolute atomic E-state index is 0.0833. The summed E-state index contributed by atoms with van der Waals surface area (Å²) < 4.78 is 11.9. The fourth-order valence-corrected chi connectivity index (χ4v) is 5.80. The van der Waals surface area contributed by atoms with Gasteiger partial charge >= 0.3 is 5.97 Å². The van der Waals surface area contributed by atoms with Gasteiger partial charge in [0.15, 0.2) is 0 Å². The number of carbonyl (C=O) groups is 2. The van der Waals surface area contributed by atoms with Crippen LogP contribution in [0.2, 0.25) is 10.0 Å². The molecule has 0 aliphatic carbocycles. The SMILES string of the molecule is CCOC(=O)C1=C(O)/C(=C/c2ccc(OCc3ccc(Cl)cc3Cl)c(I)c2)SC1=NC(=O)c1ccccc1C. The molecular weight excluding hydrogens is 672 g/mol. The number of hydrogen-bond acceptors (Lipinski definition) is 6. The van der Waals surface area contributed by atoms with Crippen molar-refractivity contribution in [2.75, 3.05) is 6.61 Å². The summed E-state index contributed by atoms with van der Waals surface area (Å²) in [6, 6.07) is 17.8. The van der Waals surface area contributed by atoms with Gasteiger partial charge in [0.1, 0.15) is 28.7 Å². The number of ether oxygens (including phenoxy) is 2. The Morgan fingerprint density at radius 2 is 1.87 bits per heavy atom. The molecule has 4 rings (SSSR count). The highest BCUT2D eigenvalue weighted by Gasteiger charge is 2.34. The van der Waals surface area contributed by atoms with E-state index in [1.807, 2.05) is 24.3 Å². The van der Waals surface area contributed by atoms with Gasteiger partial charge in [-0.05, 0) is 84.0 Å². The summed E-state index contributed by atoms with van der Waals surface area (Å²) in [6.07, 6.45) is 1.71. The first kappa shape index (κ1) is 29.2. The molecule has 1 amide bonds. The van der Waals surface area contributed by atoms with Crippen molar-refractivity contribution in [3.63, 3.8) is 0 Å². The lowest BCUT2D eigenvalue weighted by molar-refractivity contribution is -0.138. The molecule has 0 saturated carbocycles. The first-order valence-corrected chi connectivity index (χ1v) is 14.4. The molecule has 0 bridgehead atoms. The van der Waals surface area contributed by atoms with Crippen molar-refractivity contribution in [1.29, 1.82) is 0 Å². The Labute approximate surface area is 253 Å². The van der Waals surface area contributed by atoms with E-state index >= 15 is 0 Å². The Hall–Kier alpha value is -2.79. The number of esters is 1. The first-order valence-electron chi connectivity index (χ1n) is 11.7. The van der Waals surface area contributed by atoms with Crippen molar-refractivity contribution in [3.8, 4) is 5.75 Å². The maximum atomic E-state index is 12.9. The van der Waals surface area contributed by atoms with E-state index in [9.17, 15) is 14.7 Å². The van der Waals surface area contributed by atoms with Gasteiger partial charge < -0.3 is 14.6 Å². The summed E-state index contributed by atoms with van der Waals surface area (Å²) in [5.41, 5.74) is 2.59. The van der Waals surface area contributed by atoms with E-state index in [0.29, 0.717) is 26.3 Å². The normalized spacial score (nSPS) is 15.2. The Morgan fingerprint density at radius 3 is 2.56 bits per heavy atom. The number of halogens is 3. The molecule has 1 heterocycles. The molecule has 39 heavy (non-hydrogen) atoms. The molecule has 10 heteroatoms. The van der Waals surface area contributed by atoms with Gasteiger partial charge in [-0.3, -0.25) is 4.79 Å². The van der Waals surface area contributed by atoms with Gasteiger partial charge in [-0.1, -0.05) is 65.3 Å². The van der Waals surface area contributed by atoms with Gasteiger partial charge in [0.25, 0.3) is 5.91 Å². The number of aliphatic hydroxyl groups excluding tert-OH is 1. The molecule has 1 aliphatic heterocycles. The minimum Gasteiger partial charge on any atom is -0.506 e. The second kappa shape index (κ2) is 13.0. The van der Waals surface area contributed by atoms with Crippen molar-refractivity contribution in [3.05, 3.63) is 113 Å². The molecule has 1 aliphatic rings. The van der Waals surface area contributed by atoms with Crippen molar-refractivity contribution < 1.29 is 24.2 Å². The van der Waals surface area contributed by atoms with Crippen molar-refractivity contribution in [2.24, 2.45) is 4.99 Å². The summed E-state index contributed by atoms with van der Waals surface area (Å²) in [5, 5.41) is 12.1. The summed E-state index contributed by atoms with van der Waals surface area (Å²) in [5.74, 6) is -0.895. The molecule has 1 N–H and O–H groups in total. The van der Waals surface area contributed by atoms with Gasteiger partial charge in [0.05, 0.1) is 15.1 Å². The zero-order chi connectivity index (χ0) is 28.1. The van der Waals surface area contributed by atoms with Crippen LogP contribution in [0.3, 0.4) is 0 Å². The minimum atomic E-state index is -0.749. The monoisotopic (exact) mass is 693 g/mol. The maximum Gasteiger partial charge on any atom is 0.344 e. The summed E-state index contributed by atoms with van der Waals surface area (Å²) in [7, 11) is 0. The number of thioether (sulfide) groups is 1. The van der Waals surface area contributed by atoms with Crippen molar-refractivity contribution in [1.82, 2.24) is 0 Å². The predicted molar refractivity (Wildman–Crippen MR) is 165 cm³/mol. The van der Waals surface area contributed by atoms with Crippen LogP contribution in [0.15, 0.2) is 81.9 Å². The van der Waals surface area contributed by atoms with Crippen LogP contribution in [-0.2, 0) is 16.1 Å². The summed E-state index contributed by atoms with van der Waals surface area (Å²) in [6.45, 7) is 3.85. The van der Waals surface area contributed by atoms with Gasteiger partial charge in [-0.2, -0.15) is 0 Å². The fourth-order valence-electron chi connectivity index (χ4n) is 3.63. The zero-order valence-electron chi connectivity index (χ0n) is 20.8. The van der Waals surface area contributed by atoms with E-state index in [1.165, 1.54) is 0 Å². The van der Waals surface area contributed by atoms with E-state index in [2.05, 4.69) is 27.6 Å². The highest BCUT2D eigenvalue weighted by molar-refractivity contribution is 14.1. The lowest BCUT2D eigenvalue weighted by atomic mass is 10.1. The van der Waals surface area contributed by atoms with Gasteiger partial charge in [-0.15, -0.1) is 0 Å². The first-order chi connectivity index (χ1) is 18.7. The van der Waals surface area contributed by atoms with Crippen LogP contribution in [0.25, 0.3) is 6.08 Å². The van der Waals surface area contributed by atoms with E-state index in [4.69, 9.17) is 32.7 Å². The topological polar surface area (TPSA) is 85.2 Å². The number of hydrogen-bond donors (Lipinski definition) is 1. The van der Waals surface area contributed by atoms with Gasteiger partial charge in [0.2, 0.25) is 0 Å². The van der Waals surface area contributed by atoms with E-state index < -0.39 is 11.9 Å². The molecule has 0 fully saturated rings. The molecule has 0 spiro atoms. The number of rotatable bonds is 7. The van der Waals surface area contributed by atoms with Crippen LogP contribution in [0.1, 0.15) is 34.0 Å². The molecule has 3 aromatic rings. The number of nitrogens with zero attached hydrogens (tertiary/aromatic N) is 1. The third-order valence-corrected chi connectivity index (χ3v) is 8.05. The Balaban J connectivity index is 1.60. The van der Waals surface area contributed by atoms with Gasteiger partial charge in [0, 0.05) is 21.2 Å². The molecule has 0 atom stereocenters. The quantitative estimate of drug-likeness (QED) is 0.199. The third-order valence-electron chi connectivity index (χ3n) is 5.60. The van der Waals surface area contributed by atoms with E-state index in [0.717, 1.165) is 32.0 Å². The maximum absolute atomic E-state index is 12.9. The lowest BCUT2D eigenvalue weighted by Gasteiger charge is -2.10. The zero-order valence-corrected chi connectivity index (χ0v) is 25.3. The smallest absolute Gasteiger partial charge is 0.344 e. The highest BCUT2D eigenvalue weighted by Crippen LogP contribution is 2.40. The lowest BCUT2D eigenvalue weighted by Crippen LogP contribution is -2.14. The number of carbonyl (C=O) groups excluding carboxylic acids is 2. The average Bonchev–Trinajstić information content (AvgIpc) is 3.19. The average molecular weight is 694 g/mol. The van der Waals surface area contributed by atoms with Crippen molar-refractivity contribution in [2.45, 2.75) is 20.5 Å². The van der Waals surface area contributed by atoms with Crippen LogP contribution >= 0.6 is 57.6 Å². The molecule has 0 saturated heterocycles. The Morgan fingerprint density at radius 1 is 1.10 bits per heavy atom. The molecule has 0 unspecified atom stereocenters. The number of aliphatic imine (C=N–C) groups is 1. The molecule has 200 valence electrons. The predicted octanol–water partition coefficient (Wildman–Crippen LogP) is 8.19. The summed E-state index contributed by atoms with van der Waals surface area (Å²) >= 11 is 15.4. The largest absolute Gasteiger partial charge is 0.506 e. The number of aliphatic hydroxyl groups is 1. The standard InChI is InChI=1S/C29H22Cl2INO5S/c1-3-37-29(36)25-26(34)24(39-28(25)33-27(35)20-7-5-4-6-16(20)2)13-17-8-11-23(22(32)12-17)38-15-18-9-10-19(30)14-21(18)31/h4-14,34H,3,15H2,1-2H3/b24-13-,33-28?. The molecule has 0 aromatic heterocycles. The number of amides is 1. The Bertz CT molecular complexity index is 1550. The van der Waals surface area contributed by atoms with Crippen LogP contribution in [0, 0.1) is 10.5 Å². The van der Waals surface area contributed by atoms with Crippen LogP contribution in [0.5, 0.6) is 5.75 Å². The molecular formula is C29H22Cl2INO5S. The molecule has 0 radical (unpaired) electrons.